The van der Waals surface area contributed by atoms with E-state index < -0.39 is 0 Å². The standard InChI is InChI=1S/C12H15N3O2/c1-17-11-5-3-2-4-9(11)7-15-12(13)10(8-16)6-14-15/h2-6,16H,7-8,13H2,1H3. The van der Waals surface area contributed by atoms with Gasteiger partial charge in [0.15, 0.2) is 0 Å². The Labute approximate surface area is 99.4 Å². The van der Waals surface area contributed by atoms with Crippen LogP contribution in [0.2, 0.25) is 0 Å². The van der Waals surface area contributed by atoms with E-state index in [4.69, 9.17) is 15.6 Å². The minimum Gasteiger partial charge on any atom is -0.496 e. The van der Waals surface area contributed by atoms with Crippen LogP contribution in [0.25, 0.3) is 0 Å². The van der Waals surface area contributed by atoms with Gasteiger partial charge in [-0.3, -0.25) is 0 Å². The number of benzene rings is 1. The topological polar surface area (TPSA) is 73.3 Å². The van der Waals surface area contributed by atoms with E-state index in [9.17, 15) is 0 Å². The average molecular weight is 233 g/mol. The van der Waals surface area contributed by atoms with Crippen LogP contribution < -0.4 is 10.5 Å². The zero-order valence-electron chi connectivity index (χ0n) is 9.63. The number of hydrogen-bond donors (Lipinski definition) is 2. The van der Waals surface area contributed by atoms with Crippen molar-refractivity contribution in [3.05, 3.63) is 41.6 Å². The number of para-hydroxylation sites is 1. The van der Waals surface area contributed by atoms with Gasteiger partial charge in [-0.25, -0.2) is 4.68 Å². The minimum absolute atomic E-state index is 0.0994. The molecule has 3 N–H and O–H groups in total. The molecule has 1 aromatic heterocycles. The van der Waals surface area contributed by atoms with Gasteiger partial charge in [-0.1, -0.05) is 18.2 Å². The highest BCUT2D eigenvalue weighted by atomic mass is 16.5. The fraction of sp³-hybridized carbons (Fsp3) is 0.250. The van der Waals surface area contributed by atoms with Crippen LogP contribution in [-0.4, -0.2) is 22.0 Å². The van der Waals surface area contributed by atoms with Crippen molar-refractivity contribution in [1.82, 2.24) is 9.78 Å². The lowest BCUT2D eigenvalue weighted by atomic mass is 10.2. The number of aliphatic hydroxyl groups is 1. The van der Waals surface area contributed by atoms with E-state index in [0.717, 1.165) is 11.3 Å². The van der Waals surface area contributed by atoms with E-state index in [2.05, 4.69) is 5.10 Å². The maximum atomic E-state index is 9.04. The van der Waals surface area contributed by atoms with Gasteiger partial charge in [-0.15, -0.1) is 0 Å². The summed E-state index contributed by atoms with van der Waals surface area (Å²) in [5, 5.41) is 13.2. The van der Waals surface area contributed by atoms with Gasteiger partial charge in [0.25, 0.3) is 0 Å². The van der Waals surface area contributed by atoms with Gasteiger partial charge < -0.3 is 15.6 Å². The van der Waals surface area contributed by atoms with E-state index in [1.807, 2.05) is 24.3 Å². The second-order valence-electron chi connectivity index (χ2n) is 3.68. The Hall–Kier alpha value is -2.01. The number of nitrogens with zero attached hydrogens (tertiary/aromatic N) is 2. The van der Waals surface area contributed by atoms with Gasteiger partial charge in [0.2, 0.25) is 0 Å². The third-order valence-electron chi connectivity index (χ3n) is 2.64. The van der Waals surface area contributed by atoms with Crippen molar-refractivity contribution in [3.8, 4) is 5.75 Å². The lowest BCUT2D eigenvalue weighted by Gasteiger charge is -2.09. The summed E-state index contributed by atoms with van der Waals surface area (Å²) in [7, 11) is 1.63. The first-order valence-electron chi connectivity index (χ1n) is 5.29. The van der Waals surface area contributed by atoms with Gasteiger partial charge in [0, 0.05) is 11.1 Å². The van der Waals surface area contributed by atoms with Gasteiger partial charge in [-0.05, 0) is 6.07 Å². The second kappa shape index (κ2) is 4.88. The third kappa shape index (κ3) is 2.24. The molecular formula is C12H15N3O2. The van der Waals surface area contributed by atoms with E-state index in [1.54, 1.807) is 18.0 Å². The Morgan fingerprint density at radius 1 is 1.35 bits per heavy atom. The van der Waals surface area contributed by atoms with Crippen molar-refractivity contribution in [1.29, 1.82) is 0 Å². The van der Waals surface area contributed by atoms with Crippen molar-refractivity contribution in [2.45, 2.75) is 13.2 Å². The number of aliphatic hydroxyl groups excluding tert-OH is 1. The molecule has 0 saturated heterocycles. The van der Waals surface area contributed by atoms with E-state index >= 15 is 0 Å². The molecule has 0 aliphatic rings. The molecule has 90 valence electrons. The van der Waals surface area contributed by atoms with Crippen molar-refractivity contribution < 1.29 is 9.84 Å². The second-order valence-corrected chi connectivity index (χ2v) is 3.68. The number of nitrogen functional groups attached to an aromatic ring is 1. The van der Waals surface area contributed by atoms with Crippen LogP contribution in [0.1, 0.15) is 11.1 Å². The average Bonchev–Trinajstić information content (AvgIpc) is 2.71. The molecule has 0 amide bonds. The molecule has 1 heterocycles. The molecule has 0 aliphatic heterocycles. The number of aromatic nitrogens is 2. The number of nitrogens with two attached hydrogens (primary N) is 1. The number of methoxy groups -OCH3 is 1. The Bertz CT molecular complexity index is 508. The number of anilines is 1. The summed E-state index contributed by atoms with van der Waals surface area (Å²) in [6.07, 6.45) is 1.57. The molecule has 5 nitrogen and oxygen atoms in total. The molecule has 0 saturated carbocycles. The first-order chi connectivity index (χ1) is 8.26. The summed E-state index contributed by atoms with van der Waals surface area (Å²) < 4.78 is 6.90. The van der Waals surface area contributed by atoms with E-state index in [-0.39, 0.29) is 6.61 Å². The van der Waals surface area contributed by atoms with Crippen LogP contribution in [-0.2, 0) is 13.2 Å². The molecule has 17 heavy (non-hydrogen) atoms. The van der Waals surface area contributed by atoms with Gasteiger partial charge in [-0.2, -0.15) is 5.10 Å². The molecule has 0 bridgehead atoms. The first-order valence-corrected chi connectivity index (χ1v) is 5.29. The molecule has 1 aromatic carbocycles. The van der Waals surface area contributed by atoms with E-state index in [1.165, 1.54) is 0 Å². The monoisotopic (exact) mass is 233 g/mol. The lowest BCUT2D eigenvalue weighted by Crippen LogP contribution is -2.07. The van der Waals surface area contributed by atoms with Crippen molar-refractivity contribution in [2.24, 2.45) is 0 Å². The molecule has 2 rings (SSSR count). The molecule has 5 heteroatoms. The molecule has 0 radical (unpaired) electrons. The molecule has 0 spiro atoms. The van der Waals surface area contributed by atoms with Crippen LogP contribution in [0.15, 0.2) is 30.5 Å². The summed E-state index contributed by atoms with van der Waals surface area (Å²) in [4.78, 5) is 0. The molecule has 0 atom stereocenters. The maximum absolute atomic E-state index is 9.04. The van der Waals surface area contributed by atoms with Crippen LogP contribution in [0.5, 0.6) is 5.75 Å². The Morgan fingerprint density at radius 3 is 2.76 bits per heavy atom. The maximum Gasteiger partial charge on any atom is 0.127 e. The van der Waals surface area contributed by atoms with Gasteiger partial charge in [0.05, 0.1) is 26.5 Å². The van der Waals surface area contributed by atoms with Crippen LogP contribution in [0.3, 0.4) is 0 Å². The predicted molar refractivity (Wildman–Crippen MR) is 64.7 cm³/mol. The predicted octanol–water partition coefficient (Wildman–Crippen LogP) is 1.01. The van der Waals surface area contributed by atoms with Crippen molar-refractivity contribution in [3.63, 3.8) is 0 Å². The highest BCUT2D eigenvalue weighted by molar-refractivity contribution is 5.40. The fourth-order valence-electron chi connectivity index (χ4n) is 1.68. The third-order valence-corrected chi connectivity index (χ3v) is 2.64. The summed E-state index contributed by atoms with van der Waals surface area (Å²) in [5.74, 6) is 1.28. The zero-order chi connectivity index (χ0) is 12.3. The summed E-state index contributed by atoms with van der Waals surface area (Å²) >= 11 is 0. The van der Waals surface area contributed by atoms with Crippen LogP contribution in [0, 0.1) is 0 Å². The van der Waals surface area contributed by atoms with Gasteiger partial charge in [0.1, 0.15) is 11.6 Å². The SMILES string of the molecule is COc1ccccc1Cn1ncc(CO)c1N. The normalized spacial score (nSPS) is 10.5. The quantitative estimate of drug-likeness (QED) is 0.826. The Morgan fingerprint density at radius 2 is 2.12 bits per heavy atom. The number of rotatable bonds is 4. The molecule has 0 unspecified atom stereocenters. The van der Waals surface area contributed by atoms with Gasteiger partial charge >= 0.3 is 0 Å². The van der Waals surface area contributed by atoms with Crippen molar-refractivity contribution >= 4 is 5.82 Å². The van der Waals surface area contributed by atoms with Crippen LogP contribution in [0.4, 0.5) is 5.82 Å². The van der Waals surface area contributed by atoms with Crippen molar-refractivity contribution in [2.75, 3.05) is 12.8 Å². The summed E-state index contributed by atoms with van der Waals surface area (Å²) in [5.41, 5.74) is 7.49. The highest BCUT2D eigenvalue weighted by Gasteiger charge is 2.09. The summed E-state index contributed by atoms with van der Waals surface area (Å²) in [6.45, 7) is 0.424. The Balaban J connectivity index is 2.28. The lowest BCUT2D eigenvalue weighted by molar-refractivity contribution is 0.282. The van der Waals surface area contributed by atoms with E-state index in [0.29, 0.717) is 17.9 Å². The molecule has 0 aliphatic carbocycles. The molecule has 0 fully saturated rings. The van der Waals surface area contributed by atoms with Crippen LogP contribution >= 0.6 is 0 Å². The minimum atomic E-state index is -0.0994. The number of hydrogen-bond acceptors (Lipinski definition) is 4. The largest absolute Gasteiger partial charge is 0.496 e. The first kappa shape index (κ1) is 11.5. The smallest absolute Gasteiger partial charge is 0.127 e. The number of ether oxygens (including phenoxy) is 1. The molecular weight excluding hydrogens is 218 g/mol. The summed E-state index contributed by atoms with van der Waals surface area (Å²) in [6, 6.07) is 7.69. The zero-order valence-corrected chi connectivity index (χ0v) is 9.63. The fourth-order valence-corrected chi connectivity index (χ4v) is 1.68. The highest BCUT2D eigenvalue weighted by Crippen LogP contribution is 2.20. The molecule has 2 aromatic rings. The Kier molecular flexibility index (Phi) is 3.30.